The van der Waals surface area contributed by atoms with Crippen molar-refractivity contribution in [2.24, 2.45) is 0 Å². The molecule has 0 fully saturated rings. The number of alkyl halides is 5. The second-order valence-corrected chi connectivity index (χ2v) is 9.55. The van der Waals surface area contributed by atoms with Gasteiger partial charge in [-0.15, -0.1) is 0 Å². The molecule has 0 aromatic heterocycles. The minimum absolute atomic E-state index is 0.0487. The van der Waals surface area contributed by atoms with Gasteiger partial charge in [-0.1, -0.05) is 30.3 Å². The summed E-state index contributed by atoms with van der Waals surface area (Å²) in [5.74, 6) is 0.446. The van der Waals surface area contributed by atoms with Gasteiger partial charge < -0.3 is 34.3 Å². The lowest BCUT2D eigenvalue weighted by Gasteiger charge is -2.24. The van der Waals surface area contributed by atoms with Gasteiger partial charge in [-0.3, -0.25) is 0 Å². The molecule has 2 amide bonds. The number of ether oxygens (including phenoxy) is 4. The van der Waals surface area contributed by atoms with Crippen molar-refractivity contribution in [3.05, 3.63) is 84.4 Å². The van der Waals surface area contributed by atoms with Gasteiger partial charge in [0.1, 0.15) is 23.9 Å². The SMILES string of the molecule is CCOC(Cc1ccc(OCCN(CCCOC(F)(F)C(F)(F)F)C(=O)Nc2ccc(Oc3ccccc3)cc2)cc1)C(=O)O. The minimum Gasteiger partial charge on any atom is -0.492 e. The predicted octanol–water partition coefficient (Wildman–Crippen LogP) is 6.99. The van der Waals surface area contributed by atoms with E-state index in [0.717, 1.165) is 0 Å². The number of rotatable bonds is 17. The minimum atomic E-state index is -5.86. The van der Waals surface area contributed by atoms with Crippen molar-refractivity contribution >= 4 is 17.7 Å². The summed E-state index contributed by atoms with van der Waals surface area (Å²) >= 11 is 0. The van der Waals surface area contributed by atoms with Crippen LogP contribution in [0.15, 0.2) is 78.9 Å². The van der Waals surface area contributed by atoms with Crippen molar-refractivity contribution in [2.75, 3.05) is 38.2 Å². The summed E-state index contributed by atoms with van der Waals surface area (Å²) in [6, 6.07) is 21.3. The van der Waals surface area contributed by atoms with E-state index in [1.807, 2.05) is 18.2 Å². The number of para-hydroxylation sites is 1. The highest BCUT2D eigenvalue weighted by atomic mass is 19.4. The molecular weight excluding hydrogens is 607 g/mol. The van der Waals surface area contributed by atoms with Gasteiger partial charge >= 0.3 is 24.3 Å². The van der Waals surface area contributed by atoms with Gasteiger partial charge in [0.05, 0.1) is 13.2 Å². The second-order valence-electron chi connectivity index (χ2n) is 9.55. The molecule has 1 atom stereocenters. The molecule has 3 aromatic rings. The first-order valence-corrected chi connectivity index (χ1v) is 13.9. The Labute approximate surface area is 256 Å². The lowest BCUT2D eigenvalue weighted by atomic mass is 10.1. The predicted molar refractivity (Wildman–Crippen MR) is 154 cm³/mol. The van der Waals surface area contributed by atoms with E-state index in [1.54, 1.807) is 67.6 Å². The number of carboxylic acid groups (broad SMARTS) is 1. The molecule has 3 rings (SSSR count). The number of nitrogens with zero attached hydrogens (tertiary/aromatic N) is 1. The van der Waals surface area contributed by atoms with Gasteiger partial charge in [0.15, 0.2) is 6.10 Å². The number of halogens is 5. The normalized spacial score (nSPS) is 12.3. The molecule has 2 N–H and O–H groups in total. The number of hydrogen-bond acceptors (Lipinski definition) is 6. The molecule has 0 aliphatic rings. The molecule has 0 radical (unpaired) electrons. The summed E-state index contributed by atoms with van der Waals surface area (Å²) in [4.78, 5) is 25.5. The summed E-state index contributed by atoms with van der Waals surface area (Å²) in [5.41, 5.74) is 1.08. The van der Waals surface area contributed by atoms with Crippen molar-refractivity contribution in [2.45, 2.75) is 38.2 Å². The number of carbonyl (C=O) groups excluding carboxylic acids is 1. The number of nitrogens with one attached hydrogen (secondary N) is 1. The third-order valence-electron chi connectivity index (χ3n) is 6.18. The molecule has 0 saturated carbocycles. The highest BCUT2D eigenvalue weighted by Crippen LogP contribution is 2.36. The number of urea groups is 1. The maximum atomic E-state index is 13.1. The molecule has 0 spiro atoms. The van der Waals surface area contributed by atoms with Gasteiger partial charge in [-0.05, 0) is 67.4 Å². The van der Waals surface area contributed by atoms with Crippen molar-refractivity contribution in [1.29, 1.82) is 0 Å². The van der Waals surface area contributed by atoms with Crippen molar-refractivity contribution in [3.8, 4) is 17.2 Å². The molecule has 1 unspecified atom stereocenters. The number of amides is 2. The third kappa shape index (κ3) is 11.5. The van der Waals surface area contributed by atoms with E-state index < -0.39 is 37.0 Å². The van der Waals surface area contributed by atoms with E-state index in [1.165, 1.54) is 4.90 Å². The van der Waals surface area contributed by atoms with Crippen LogP contribution in [0.25, 0.3) is 0 Å². The Bertz CT molecular complexity index is 1340. The Morgan fingerprint density at radius 1 is 0.844 bits per heavy atom. The molecule has 3 aromatic carbocycles. The van der Waals surface area contributed by atoms with E-state index in [-0.39, 0.29) is 39.1 Å². The van der Waals surface area contributed by atoms with Gasteiger partial charge in [-0.25, -0.2) is 9.59 Å². The van der Waals surface area contributed by atoms with Gasteiger partial charge in [-0.2, -0.15) is 22.0 Å². The first-order valence-electron chi connectivity index (χ1n) is 13.9. The Morgan fingerprint density at radius 3 is 2.07 bits per heavy atom. The molecular formula is C31H33F5N2O7. The fraction of sp³-hybridized carbons (Fsp3) is 0.355. The van der Waals surface area contributed by atoms with E-state index in [2.05, 4.69) is 10.1 Å². The van der Waals surface area contributed by atoms with Crippen LogP contribution in [0.2, 0.25) is 0 Å². The first-order chi connectivity index (χ1) is 21.4. The zero-order valence-electron chi connectivity index (χ0n) is 24.3. The van der Waals surface area contributed by atoms with E-state index in [0.29, 0.717) is 28.5 Å². The Hall–Kier alpha value is -4.43. The first kappa shape index (κ1) is 35.1. The number of aliphatic carboxylic acids is 1. The van der Waals surface area contributed by atoms with Gasteiger partial charge in [0.2, 0.25) is 0 Å². The highest BCUT2D eigenvalue weighted by Gasteiger charge is 2.59. The standard InChI is InChI=1S/C31H33F5N2O7/c1-2-42-27(28(39)40)21-22-9-13-24(14-10-22)43-20-18-38(17-6-19-44-31(35,36)30(32,33)34)29(41)37-23-11-15-26(16-12-23)45-25-7-4-3-5-8-25/h3-5,7-16,27H,2,6,17-21H2,1H3,(H,37,41)(H,39,40). The average molecular weight is 641 g/mol. The van der Waals surface area contributed by atoms with Crippen LogP contribution >= 0.6 is 0 Å². The van der Waals surface area contributed by atoms with E-state index in [4.69, 9.17) is 14.2 Å². The Kier molecular flexibility index (Phi) is 12.9. The summed E-state index contributed by atoms with van der Waals surface area (Å²) in [6.45, 7) is 0.664. The monoisotopic (exact) mass is 640 g/mol. The molecule has 244 valence electrons. The smallest absolute Gasteiger partial charge is 0.482 e. The molecule has 0 aliphatic heterocycles. The van der Waals surface area contributed by atoms with Crippen molar-refractivity contribution in [3.63, 3.8) is 0 Å². The maximum Gasteiger partial charge on any atom is 0.482 e. The molecule has 45 heavy (non-hydrogen) atoms. The van der Waals surface area contributed by atoms with Crippen LogP contribution in [0.3, 0.4) is 0 Å². The number of benzene rings is 3. The van der Waals surface area contributed by atoms with Crippen LogP contribution in [0.5, 0.6) is 17.2 Å². The quantitative estimate of drug-likeness (QED) is 0.121. The second kappa shape index (κ2) is 16.6. The lowest BCUT2D eigenvalue weighted by Crippen LogP contribution is -2.41. The van der Waals surface area contributed by atoms with Crippen LogP contribution in [0.1, 0.15) is 18.9 Å². The summed E-state index contributed by atoms with van der Waals surface area (Å²) in [7, 11) is 0. The molecule has 0 bridgehead atoms. The number of hydrogen-bond donors (Lipinski definition) is 2. The van der Waals surface area contributed by atoms with Crippen LogP contribution in [0.4, 0.5) is 32.4 Å². The number of carbonyl (C=O) groups is 2. The Morgan fingerprint density at radius 2 is 1.47 bits per heavy atom. The van der Waals surface area contributed by atoms with E-state index in [9.17, 15) is 36.6 Å². The number of carboxylic acids is 1. The number of anilines is 1. The highest BCUT2D eigenvalue weighted by molar-refractivity contribution is 5.89. The fourth-order valence-corrected chi connectivity index (χ4v) is 3.91. The molecule has 0 aliphatic carbocycles. The summed E-state index contributed by atoms with van der Waals surface area (Å²) in [5, 5.41) is 11.9. The lowest BCUT2D eigenvalue weighted by molar-refractivity contribution is -0.391. The molecule has 0 heterocycles. The molecule has 9 nitrogen and oxygen atoms in total. The fourth-order valence-electron chi connectivity index (χ4n) is 3.91. The van der Waals surface area contributed by atoms with Crippen LogP contribution < -0.4 is 14.8 Å². The average Bonchev–Trinajstić information content (AvgIpc) is 2.99. The van der Waals surface area contributed by atoms with Crippen LogP contribution in [-0.2, 0) is 20.7 Å². The molecule has 14 heteroatoms. The summed E-state index contributed by atoms with van der Waals surface area (Å²) in [6.07, 6.45) is -12.3. The largest absolute Gasteiger partial charge is 0.492 e. The third-order valence-corrected chi connectivity index (χ3v) is 6.18. The zero-order chi connectivity index (χ0) is 32.9. The van der Waals surface area contributed by atoms with Crippen molar-refractivity contribution < 1.29 is 55.6 Å². The topological polar surface area (TPSA) is 107 Å². The van der Waals surface area contributed by atoms with Crippen molar-refractivity contribution in [1.82, 2.24) is 4.90 Å². The zero-order valence-corrected chi connectivity index (χ0v) is 24.3. The van der Waals surface area contributed by atoms with Gasteiger partial charge in [0, 0.05) is 25.3 Å². The maximum absolute atomic E-state index is 13.1. The molecule has 0 saturated heterocycles. The van der Waals surface area contributed by atoms with Crippen LogP contribution in [-0.4, -0.2) is 73.3 Å². The summed E-state index contributed by atoms with van der Waals surface area (Å²) < 4.78 is 83.9. The Balaban J connectivity index is 1.59. The van der Waals surface area contributed by atoms with E-state index >= 15 is 0 Å². The van der Waals surface area contributed by atoms with Crippen LogP contribution in [0, 0.1) is 0 Å². The van der Waals surface area contributed by atoms with Gasteiger partial charge in [0.25, 0.3) is 0 Å².